The van der Waals surface area contributed by atoms with Crippen LogP contribution in [0.4, 0.5) is 0 Å². The van der Waals surface area contributed by atoms with Crippen molar-refractivity contribution >= 4 is 174 Å². The molecule has 3 nitrogen and oxygen atoms in total. The Balaban J connectivity index is 0.000000105. The predicted octanol–water partition coefficient (Wildman–Crippen LogP) is 35.9. The summed E-state index contributed by atoms with van der Waals surface area (Å²) in [4.78, 5) is 0. The first-order chi connectivity index (χ1) is 63.4. The van der Waals surface area contributed by atoms with Crippen molar-refractivity contribution in [2.75, 3.05) is 0 Å². The highest BCUT2D eigenvalue weighted by molar-refractivity contribution is 6.28. The summed E-state index contributed by atoms with van der Waals surface area (Å²) in [5.41, 5.74) is 26.6. The minimum absolute atomic E-state index is 0.909. The molecule has 0 spiro atoms. The lowest BCUT2D eigenvalue weighted by Gasteiger charge is -2.19. The Labute approximate surface area is 738 Å². The van der Waals surface area contributed by atoms with Gasteiger partial charge in [0.25, 0.3) is 0 Å². The molecule has 0 N–H and O–H groups in total. The number of hydrogen-bond acceptors (Lipinski definition) is 3. The number of rotatable bonds is 8. The number of benzene rings is 24. The van der Waals surface area contributed by atoms with E-state index in [1.807, 2.05) is 0 Å². The van der Waals surface area contributed by atoms with Crippen LogP contribution in [0.15, 0.2) is 468 Å². The van der Waals surface area contributed by atoms with E-state index in [1.165, 1.54) is 186 Å². The molecule has 24 aromatic carbocycles. The van der Waals surface area contributed by atoms with Gasteiger partial charge in [-0.05, 0) is 260 Å². The van der Waals surface area contributed by atoms with Gasteiger partial charge in [0, 0.05) is 48.5 Å². The highest BCUT2D eigenvalue weighted by Gasteiger charge is 2.25. The van der Waals surface area contributed by atoms with Gasteiger partial charge in [0.15, 0.2) is 0 Å². The number of aryl methyl sites for hydroxylation is 1. The van der Waals surface area contributed by atoms with Crippen molar-refractivity contribution in [3.8, 4) is 89.0 Å². The van der Waals surface area contributed by atoms with Crippen LogP contribution in [0.3, 0.4) is 0 Å². The second-order valence-corrected chi connectivity index (χ2v) is 33.9. The van der Waals surface area contributed by atoms with Gasteiger partial charge in [-0.1, -0.05) is 388 Å². The highest BCUT2D eigenvalue weighted by atomic mass is 16.3. The lowest BCUT2D eigenvalue weighted by atomic mass is 9.84. The number of hydrogen-bond donors (Lipinski definition) is 0. The first-order valence-corrected chi connectivity index (χ1v) is 44.1. The van der Waals surface area contributed by atoms with Gasteiger partial charge in [-0.25, -0.2) is 0 Å². The van der Waals surface area contributed by atoms with Crippen LogP contribution in [0.25, 0.3) is 263 Å². The molecule has 0 aliphatic carbocycles. The summed E-state index contributed by atoms with van der Waals surface area (Å²) in [6.45, 7) is 2.18. The van der Waals surface area contributed by atoms with Gasteiger partial charge < -0.3 is 13.3 Å². The Morgan fingerprint density at radius 3 is 0.727 bits per heavy atom. The van der Waals surface area contributed by atoms with Crippen molar-refractivity contribution in [1.82, 2.24) is 0 Å². The second-order valence-electron chi connectivity index (χ2n) is 33.9. The van der Waals surface area contributed by atoms with Crippen LogP contribution in [0, 0.1) is 6.92 Å². The fourth-order valence-corrected chi connectivity index (χ4v) is 20.7. The molecule has 0 unspecified atom stereocenters. The van der Waals surface area contributed by atoms with Crippen LogP contribution < -0.4 is 0 Å². The smallest absolute Gasteiger partial charge is 0.143 e. The molecule has 0 bridgehead atoms. The Morgan fingerprint density at radius 2 is 0.359 bits per heavy atom. The van der Waals surface area contributed by atoms with Crippen LogP contribution in [0.2, 0.25) is 0 Å². The molecule has 596 valence electrons. The van der Waals surface area contributed by atoms with Crippen molar-refractivity contribution in [3.05, 3.63) is 461 Å². The van der Waals surface area contributed by atoms with Gasteiger partial charge in [0.1, 0.15) is 33.5 Å². The zero-order valence-electron chi connectivity index (χ0n) is 70.0. The third kappa shape index (κ3) is 12.3. The van der Waals surface area contributed by atoms with Gasteiger partial charge >= 0.3 is 0 Å². The van der Waals surface area contributed by atoms with E-state index < -0.39 is 0 Å². The summed E-state index contributed by atoms with van der Waals surface area (Å²) >= 11 is 0. The van der Waals surface area contributed by atoms with Crippen molar-refractivity contribution < 1.29 is 13.3 Å². The van der Waals surface area contributed by atoms with Crippen LogP contribution >= 0.6 is 0 Å². The van der Waals surface area contributed by atoms with Crippen LogP contribution in [-0.2, 0) is 0 Å². The van der Waals surface area contributed by atoms with Crippen molar-refractivity contribution in [3.63, 3.8) is 0 Å². The molecule has 27 aromatic rings. The number of furan rings is 3. The molecule has 27 rings (SSSR count). The molecule has 0 amide bonds. The van der Waals surface area contributed by atoms with Crippen molar-refractivity contribution in [2.45, 2.75) is 6.92 Å². The highest BCUT2D eigenvalue weighted by Crippen LogP contribution is 2.52. The molecule has 3 heteroatoms. The van der Waals surface area contributed by atoms with E-state index in [1.54, 1.807) is 0 Å². The summed E-state index contributed by atoms with van der Waals surface area (Å²) in [5, 5.41) is 31.5. The second kappa shape index (κ2) is 30.4. The molecule has 0 saturated carbocycles. The summed E-state index contributed by atoms with van der Waals surface area (Å²) in [6, 6.07) is 164. The SMILES string of the molecule is Cc1ccc2c(-c3ccccc3)c3ccccc3c(-c3ccc4oc5c6ccccc6ccc5c4c3)c2c1.c1ccc(-c2c3ccccc3c(-c3ccc4oc5c6ccccc6ccc5c4c3)c3cc(-c4ccc5ccccc5c4)ccc23)cc1.c1ccc(-c2ccc3c(-c4ccccc4)c4ccccc4c(-c4ccc5oc6c7ccccc7ccc6c5c4)c3c2)cc1. The number of fused-ring (bicyclic) bond motifs is 22. The van der Waals surface area contributed by atoms with Gasteiger partial charge in [-0.15, -0.1) is 0 Å². The standard InChI is InChI=1S/C46H28O.C42H26O.C37H24O/c1-2-12-31(13-3-1)44-37-16-8-9-17-38(37)45(42-27-34(21-23-39(42)44)33-19-18-29-10-4-5-14-32(29)26-33)35-22-25-43-41(28-35)40-24-20-30-11-6-7-15-36(30)46(40)47-43;1-3-11-27(12-4-1)30-20-22-35-38(25-30)41(34-18-10-9-17-33(34)40(35)29-14-5-2-6-15-29)31-21-24-39-37(26-31)36-23-19-28-13-7-8-16-32(28)42(36)43-39;1-23-15-18-30-33(21-23)36(29-14-8-7-13-28(29)35(30)25-10-3-2-4-11-25)26-17-20-34-32(22-26)31-19-16-24-9-5-6-12-27(24)37(31)38-34/h1-28H;1-26H;2-22H,1H3. The zero-order chi connectivity index (χ0) is 84.4. The lowest BCUT2D eigenvalue weighted by molar-refractivity contribution is 0.672. The maximum absolute atomic E-state index is 6.52. The maximum Gasteiger partial charge on any atom is 0.143 e. The molecule has 0 aliphatic rings. The van der Waals surface area contributed by atoms with Crippen molar-refractivity contribution in [1.29, 1.82) is 0 Å². The summed E-state index contributed by atoms with van der Waals surface area (Å²) in [5.74, 6) is 0. The molecule has 0 fully saturated rings. The molecule has 3 aromatic heterocycles. The Kier molecular flexibility index (Phi) is 17.5. The van der Waals surface area contributed by atoms with Crippen LogP contribution in [0.1, 0.15) is 5.56 Å². The topological polar surface area (TPSA) is 39.4 Å². The molecule has 0 saturated heterocycles. The average molecular weight is 1630 g/mol. The Hall–Kier alpha value is -16.7. The van der Waals surface area contributed by atoms with Gasteiger partial charge in [0.2, 0.25) is 0 Å². The minimum atomic E-state index is 0.909. The molecule has 128 heavy (non-hydrogen) atoms. The van der Waals surface area contributed by atoms with E-state index in [0.29, 0.717) is 0 Å². The van der Waals surface area contributed by atoms with Crippen molar-refractivity contribution in [2.24, 2.45) is 0 Å². The van der Waals surface area contributed by atoms with Gasteiger partial charge in [-0.2, -0.15) is 0 Å². The molecule has 0 aliphatic heterocycles. The largest absolute Gasteiger partial charge is 0.455 e. The summed E-state index contributed by atoms with van der Waals surface area (Å²) < 4.78 is 19.4. The van der Waals surface area contributed by atoms with Crippen LogP contribution in [-0.4, -0.2) is 0 Å². The minimum Gasteiger partial charge on any atom is -0.455 e. The Morgan fingerprint density at radius 1 is 0.125 bits per heavy atom. The average Bonchev–Trinajstić information content (AvgIpc) is 0.961. The van der Waals surface area contributed by atoms with Gasteiger partial charge in [0.05, 0.1) is 0 Å². The third-order valence-electron chi connectivity index (χ3n) is 26.6. The maximum atomic E-state index is 6.52. The van der Waals surface area contributed by atoms with E-state index in [2.05, 4.69) is 462 Å². The monoisotopic (exact) mass is 1630 g/mol. The van der Waals surface area contributed by atoms with E-state index in [9.17, 15) is 0 Å². The van der Waals surface area contributed by atoms with Crippen LogP contribution in [0.5, 0.6) is 0 Å². The first-order valence-electron chi connectivity index (χ1n) is 44.1. The molecular weight excluding hydrogens is 1550 g/mol. The summed E-state index contributed by atoms with van der Waals surface area (Å²) in [7, 11) is 0. The normalized spacial score (nSPS) is 11.8. The van der Waals surface area contributed by atoms with E-state index in [0.717, 1.165) is 82.0 Å². The molecule has 0 atom stereocenters. The van der Waals surface area contributed by atoms with E-state index in [4.69, 9.17) is 13.3 Å². The third-order valence-corrected chi connectivity index (χ3v) is 26.6. The fourth-order valence-electron chi connectivity index (χ4n) is 20.7. The van der Waals surface area contributed by atoms with E-state index >= 15 is 0 Å². The summed E-state index contributed by atoms with van der Waals surface area (Å²) in [6.07, 6.45) is 0. The van der Waals surface area contributed by atoms with Gasteiger partial charge in [-0.3, -0.25) is 0 Å². The molecule has 3 heterocycles. The Bertz CT molecular complexity index is 9190. The fraction of sp³-hybridized carbons (Fsp3) is 0.00800. The van der Waals surface area contributed by atoms with E-state index in [-0.39, 0.29) is 0 Å². The lowest BCUT2D eigenvalue weighted by Crippen LogP contribution is -1.92. The molecule has 0 radical (unpaired) electrons. The molecular formula is C125H78O3. The first kappa shape index (κ1) is 74.0. The quantitative estimate of drug-likeness (QED) is 0.142. The zero-order valence-corrected chi connectivity index (χ0v) is 70.0. The predicted molar refractivity (Wildman–Crippen MR) is 544 cm³/mol.